The number of hydrogen-bond donors (Lipinski definition) is 4. The summed E-state index contributed by atoms with van der Waals surface area (Å²) < 4.78 is 34.1. The summed E-state index contributed by atoms with van der Waals surface area (Å²) in [6.07, 6.45) is 6.61. The molecule has 1 aliphatic rings. The molecule has 0 amide bonds. The number of hydrogen-bond acceptors (Lipinski definition) is 9. The SMILES string of the molecule is CO[C@H](c1ncc(Cl)cn1)[C@H](C)S(=O)(=O)N/C(=N/NC(O)c1cncc(C)c1)NC1CCC1. The summed E-state index contributed by atoms with van der Waals surface area (Å²) >= 11 is 5.83. The summed E-state index contributed by atoms with van der Waals surface area (Å²) in [6.45, 7) is 3.33. The molecule has 0 aromatic carbocycles. The first-order chi connectivity index (χ1) is 15.7. The van der Waals surface area contributed by atoms with Crippen LogP contribution >= 0.6 is 11.6 Å². The van der Waals surface area contributed by atoms with Gasteiger partial charge in [0.1, 0.15) is 11.4 Å². The molecule has 1 fully saturated rings. The molecule has 0 bridgehead atoms. The Hall–Kier alpha value is -2.54. The van der Waals surface area contributed by atoms with Crippen molar-refractivity contribution in [1.82, 2.24) is 30.4 Å². The van der Waals surface area contributed by atoms with Gasteiger partial charge in [0.15, 0.2) is 12.1 Å². The zero-order chi connectivity index (χ0) is 24.0. The Balaban J connectivity index is 1.77. The molecule has 3 atom stereocenters. The number of pyridine rings is 1. The van der Waals surface area contributed by atoms with Gasteiger partial charge in [-0.2, -0.15) is 0 Å². The van der Waals surface area contributed by atoms with Gasteiger partial charge in [0.25, 0.3) is 0 Å². The van der Waals surface area contributed by atoms with Crippen molar-refractivity contribution in [3.8, 4) is 0 Å². The van der Waals surface area contributed by atoms with E-state index in [2.05, 4.69) is 35.5 Å². The predicted octanol–water partition coefficient (Wildman–Crippen LogP) is 1.52. The van der Waals surface area contributed by atoms with E-state index in [1.165, 1.54) is 32.6 Å². The van der Waals surface area contributed by atoms with Gasteiger partial charge in [-0.05, 0) is 44.7 Å². The third kappa shape index (κ3) is 6.73. The van der Waals surface area contributed by atoms with Crippen LogP contribution in [0.25, 0.3) is 0 Å². The predicted molar refractivity (Wildman–Crippen MR) is 124 cm³/mol. The zero-order valence-corrected chi connectivity index (χ0v) is 20.1. The molecular formula is C20H28ClN7O4S. The Morgan fingerprint density at radius 1 is 1.27 bits per heavy atom. The van der Waals surface area contributed by atoms with E-state index in [4.69, 9.17) is 16.3 Å². The van der Waals surface area contributed by atoms with Crippen molar-refractivity contribution in [2.75, 3.05) is 7.11 Å². The van der Waals surface area contributed by atoms with Gasteiger partial charge in [-0.3, -0.25) is 15.1 Å². The molecule has 1 unspecified atom stereocenters. The van der Waals surface area contributed by atoms with Crippen LogP contribution < -0.4 is 15.5 Å². The second-order valence-electron chi connectivity index (χ2n) is 7.83. The maximum absolute atomic E-state index is 13.1. The lowest BCUT2D eigenvalue weighted by molar-refractivity contribution is 0.0947. The highest BCUT2D eigenvalue weighted by Crippen LogP contribution is 2.23. The average molecular weight is 498 g/mol. The van der Waals surface area contributed by atoms with E-state index in [-0.39, 0.29) is 17.8 Å². The summed E-state index contributed by atoms with van der Waals surface area (Å²) in [5, 5.41) is 16.8. The Morgan fingerprint density at radius 2 is 1.97 bits per heavy atom. The number of guanidine groups is 1. The number of aliphatic hydroxyl groups is 1. The lowest BCUT2D eigenvalue weighted by atomic mass is 9.93. The molecule has 33 heavy (non-hydrogen) atoms. The lowest BCUT2D eigenvalue weighted by Gasteiger charge is -2.29. The smallest absolute Gasteiger partial charge is 0.240 e. The standard InChI is InChI=1S/C20H28ClN7O4S/c1-12-7-14(9-22-8-12)19(29)26-27-20(25-16-5-4-6-16)28-33(30,31)13(2)17(32-3)18-23-10-15(21)11-24-18/h7-11,13,16-17,19,26,29H,4-6H2,1-3H3,(H2,25,27,28)/t13-,17-,19?/m0/s1. The first-order valence-corrected chi connectivity index (χ1v) is 12.3. The largest absolute Gasteiger partial charge is 0.372 e. The molecular weight excluding hydrogens is 470 g/mol. The summed E-state index contributed by atoms with van der Waals surface area (Å²) in [5.74, 6) is 0.156. The first-order valence-electron chi connectivity index (χ1n) is 10.4. The highest BCUT2D eigenvalue weighted by Gasteiger charge is 2.34. The van der Waals surface area contributed by atoms with Crippen LogP contribution in [0.5, 0.6) is 0 Å². The fourth-order valence-corrected chi connectivity index (χ4v) is 4.34. The van der Waals surface area contributed by atoms with Crippen molar-refractivity contribution in [2.45, 2.75) is 56.7 Å². The quantitative estimate of drug-likeness (QED) is 0.175. The number of nitrogens with one attached hydrogen (secondary N) is 3. The highest BCUT2D eigenvalue weighted by molar-refractivity contribution is 7.90. The molecule has 4 N–H and O–H groups in total. The van der Waals surface area contributed by atoms with Crippen molar-refractivity contribution in [3.63, 3.8) is 0 Å². The van der Waals surface area contributed by atoms with E-state index < -0.39 is 27.6 Å². The van der Waals surface area contributed by atoms with Crippen molar-refractivity contribution in [3.05, 3.63) is 52.8 Å². The Bertz CT molecular complexity index is 1060. The van der Waals surface area contributed by atoms with Crippen molar-refractivity contribution < 1.29 is 18.3 Å². The minimum Gasteiger partial charge on any atom is -0.372 e. The van der Waals surface area contributed by atoms with Crippen LogP contribution in [-0.4, -0.2) is 52.8 Å². The average Bonchev–Trinajstić information content (AvgIpc) is 2.75. The van der Waals surface area contributed by atoms with E-state index in [0.29, 0.717) is 10.6 Å². The first kappa shape index (κ1) is 25.1. The van der Waals surface area contributed by atoms with E-state index in [1.54, 1.807) is 12.3 Å². The van der Waals surface area contributed by atoms with E-state index in [1.807, 2.05) is 6.92 Å². The van der Waals surface area contributed by atoms with Gasteiger partial charge in [-0.25, -0.2) is 18.4 Å². The number of ether oxygens (including phenoxy) is 1. The highest BCUT2D eigenvalue weighted by atomic mass is 35.5. The minimum atomic E-state index is -3.99. The molecule has 0 aliphatic heterocycles. The fraction of sp³-hybridized carbons (Fsp3) is 0.500. The molecule has 2 heterocycles. The monoisotopic (exact) mass is 497 g/mol. The molecule has 1 saturated carbocycles. The molecule has 2 aromatic rings. The van der Waals surface area contributed by atoms with Gasteiger partial charge < -0.3 is 15.2 Å². The Labute approximate surface area is 198 Å². The maximum atomic E-state index is 13.1. The number of aliphatic hydroxyl groups excluding tert-OH is 1. The fourth-order valence-electron chi connectivity index (χ4n) is 3.13. The topological polar surface area (TPSA) is 151 Å². The number of aromatic nitrogens is 3. The number of hydrazone groups is 1. The molecule has 0 radical (unpaired) electrons. The van der Waals surface area contributed by atoms with Gasteiger partial charge in [-0.15, -0.1) is 5.10 Å². The number of nitrogens with zero attached hydrogens (tertiary/aromatic N) is 4. The van der Waals surface area contributed by atoms with Crippen LogP contribution in [0.15, 0.2) is 36.0 Å². The Morgan fingerprint density at radius 3 is 2.55 bits per heavy atom. The molecule has 2 aromatic heterocycles. The van der Waals surface area contributed by atoms with Gasteiger partial charge in [0.05, 0.1) is 5.02 Å². The van der Waals surface area contributed by atoms with Gasteiger partial charge in [0.2, 0.25) is 16.0 Å². The maximum Gasteiger partial charge on any atom is 0.240 e. The number of halogens is 1. The van der Waals surface area contributed by atoms with Crippen LogP contribution in [0.4, 0.5) is 0 Å². The van der Waals surface area contributed by atoms with Crippen LogP contribution in [0.2, 0.25) is 5.02 Å². The van der Waals surface area contributed by atoms with E-state index >= 15 is 0 Å². The number of rotatable bonds is 9. The molecule has 3 rings (SSSR count). The van der Waals surface area contributed by atoms with Crippen LogP contribution in [0.1, 0.15) is 55.5 Å². The lowest BCUT2D eigenvalue weighted by Crippen LogP contribution is -2.51. The van der Waals surface area contributed by atoms with Crippen LogP contribution in [0, 0.1) is 6.92 Å². The summed E-state index contributed by atoms with van der Waals surface area (Å²) in [5.41, 5.74) is 3.93. The molecule has 0 saturated heterocycles. The van der Waals surface area contributed by atoms with Crippen LogP contribution in [0.3, 0.4) is 0 Å². The summed E-state index contributed by atoms with van der Waals surface area (Å²) in [6, 6.07) is 1.83. The second-order valence-corrected chi connectivity index (χ2v) is 10.3. The second kappa shape index (κ2) is 11.1. The molecule has 13 heteroatoms. The number of sulfonamides is 1. The van der Waals surface area contributed by atoms with E-state index in [0.717, 1.165) is 24.8 Å². The molecule has 11 nitrogen and oxygen atoms in total. The zero-order valence-electron chi connectivity index (χ0n) is 18.6. The number of methoxy groups -OCH3 is 1. The third-order valence-corrected chi connectivity index (χ3v) is 7.16. The minimum absolute atomic E-state index is 0.0295. The Kier molecular flexibility index (Phi) is 8.40. The molecule has 180 valence electrons. The van der Waals surface area contributed by atoms with Crippen LogP contribution in [-0.2, 0) is 14.8 Å². The summed E-state index contributed by atoms with van der Waals surface area (Å²) in [4.78, 5) is 12.2. The third-order valence-electron chi connectivity index (χ3n) is 5.26. The van der Waals surface area contributed by atoms with Crippen molar-refractivity contribution in [1.29, 1.82) is 0 Å². The van der Waals surface area contributed by atoms with E-state index in [9.17, 15) is 13.5 Å². The van der Waals surface area contributed by atoms with Crippen molar-refractivity contribution >= 4 is 27.6 Å². The van der Waals surface area contributed by atoms with Gasteiger partial charge in [-0.1, -0.05) is 11.6 Å². The normalized spacial score (nSPS) is 17.5. The number of aryl methyl sites for hydroxylation is 1. The molecule has 1 aliphatic carbocycles. The summed E-state index contributed by atoms with van der Waals surface area (Å²) in [7, 11) is -2.61. The van der Waals surface area contributed by atoms with Gasteiger partial charge >= 0.3 is 0 Å². The van der Waals surface area contributed by atoms with Gasteiger partial charge in [0, 0.05) is 43.5 Å². The molecule has 0 spiro atoms. The van der Waals surface area contributed by atoms with Crippen molar-refractivity contribution in [2.24, 2.45) is 5.10 Å².